The van der Waals surface area contributed by atoms with Gasteiger partial charge in [-0.05, 0) is 61.1 Å². The molecule has 3 atom stereocenters. The number of rotatable bonds is 6. The maximum Gasteiger partial charge on any atom is 0.265 e. The van der Waals surface area contributed by atoms with Gasteiger partial charge in [-0.1, -0.05) is 19.9 Å². The molecule has 1 saturated heterocycles. The van der Waals surface area contributed by atoms with Crippen LogP contribution in [0.15, 0.2) is 41.3 Å². The van der Waals surface area contributed by atoms with E-state index in [2.05, 4.69) is 5.32 Å². The number of hydrogen-bond donors (Lipinski definition) is 1. The Labute approximate surface area is 222 Å². The molecule has 204 valence electrons. The lowest BCUT2D eigenvalue weighted by Gasteiger charge is -2.34. The van der Waals surface area contributed by atoms with Crippen LogP contribution in [-0.4, -0.2) is 64.0 Å². The van der Waals surface area contributed by atoms with Crippen LogP contribution < -0.4 is 24.4 Å². The second kappa shape index (κ2) is 10.5. The van der Waals surface area contributed by atoms with Crippen molar-refractivity contribution in [1.82, 2.24) is 9.62 Å². The first kappa shape index (κ1) is 26.3. The van der Waals surface area contributed by atoms with Crippen LogP contribution in [-0.2, 0) is 19.6 Å². The standard InChI is InChI=1S/C27H33N3O7S/c1-17-10-18(2)14-29(13-17)38(33,34)21-5-7-23-22(12-21)30(27(32)16-37-23)15-26(31)28-19(3)20-4-6-24-25(11-20)36-9-8-35-24/h4-7,11-12,17-19H,8-10,13-16H2,1-3H3,(H,28,31)/t17-,18+,19-/m1/s1. The smallest absolute Gasteiger partial charge is 0.265 e. The summed E-state index contributed by atoms with van der Waals surface area (Å²) in [5.74, 6) is 1.35. The van der Waals surface area contributed by atoms with Crippen molar-refractivity contribution >= 4 is 27.5 Å². The van der Waals surface area contributed by atoms with Gasteiger partial charge in [0.25, 0.3) is 5.91 Å². The molecule has 38 heavy (non-hydrogen) atoms. The minimum absolute atomic E-state index is 0.0749. The molecule has 10 nitrogen and oxygen atoms in total. The number of hydrogen-bond acceptors (Lipinski definition) is 7. The summed E-state index contributed by atoms with van der Waals surface area (Å²) in [6.07, 6.45) is 0.978. The fourth-order valence-corrected chi connectivity index (χ4v) is 7.01. The van der Waals surface area contributed by atoms with Crippen LogP contribution in [0.1, 0.15) is 38.8 Å². The van der Waals surface area contributed by atoms with Crippen LogP contribution in [0.4, 0.5) is 5.69 Å². The predicted molar refractivity (Wildman–Crippen MR) is 140 cm³/mol. The van der Waals surface area contributed by atoms with E-state index in [1.807, 2.05) is 32.9 Å². The topological polar surface area (TPSA) is 114 Å². The normalized spacial score (nSPS) is 22.3. The summed E-state index contributed by atoms with van der Waals surface area (Å²) in [6, 6.07) is 9.61. The number of ether oxygens (including phenoxy) is 3. The summed E-state index contributed by atoms with van der Waals surface area (Å²) >= 11 is 0. The summed E-state index contributed by atoms with van der Waals surface area (Å²) < 4.78 is 45.2. The van der Waals surface area contributed by atoms with Gasteiger partial charge in [0.2, 0.25) is 15.9 Å². The van der Waals surface area contributed by atoms with Crippen LogP contribution in [0, 0.1) is 11.8 Å². The quantitative estimate of drug-likeness (QED) is 0.596. The van der Waals surface area contributed by atoms with Crippen LogP contribution in [0.5, 0.6) is 17.2 Å². The summed E-state index contributed by atoms with van der Waals surface area (Å²) in [5.41, 5.74) is 1.09. The lowest BCUT2D eigenvalue weighted by atomic mass is 9.94. The van der Waals surface area contributed by atoms with E-state index in [0.29, 0.717) is 43.6 Å². The molecule has 0 aromatic heterocycles. The Bertz CT molecular complexity index is 1340. The van der Waals surface area contributed by atoms with Gasteiger partial charge in [0.1, 0.15) is 25.5 Å². The number of anilines is 1. The van der Waals surface area contributed by atoms with Gasteiger partial charge in [0, 0.05) is 13.1 Å². The number of fused-ring (bicyclic) bond motifs is 2. The minimum Gasteiger partial charge on any atom is -0.486 e. The summed E-state index contributed by atoms with van der Waals surface area (Å²) in [5, 5.41) is 2.91. The number of carbonyl (C=O) groups excluding carboxylic acids is 2. The fourth-order valence-electron chi connectivity index (χ4n) is 5.31. The van der Waals surface area contributed by atoms with E-state index in [1.54, 1.807) is 12.1 Å². The van der Waals surface area contributed by atoms with E-state index in [0.717, 1.165) is 12.0 Å². The molecular weight excluding hydrogens is 510 g/mol. The first-order valence-electron chi connectivity index (χ1n) is 12.9. The maximum atomic E-state index is 13.5. The number of piperidine rings is 1. The average molecular weight is 544 g/mol. The summed E-state index contributed by atoms with van der Waals surface area (Å²) in [4.78, 5) is 27.2. The van der Waals surface area contributed by atoms with Gasteiger partial charge < -0.3 is 19.5 Å². The summed E-state index contributed by atoms with van der Waals surface area (Å²) in [7, 11) is -3.78. The van der Waals surface area contributed by atoms with Gasteiger partial charge in [-0.2, -0.15) is 4.31 Å². The number of benzene rings is 2. The number of nitrogens with one attached hydrogen (secondary N) is 1. The highest BCUT2D eigenvalue weighted by atomic mass is 32.2. The molecule has 2 amide bonds. The zero-order valence-corrected chi connectivity index (χ0v) is 22.6. The number of carbonyl (C=O) groups is 2. The Balaban J connectivity index is 1.33. The number of nitrogens with zero attached hydrogens (tertiary/aromatic N) is 2. The van der Waals surface area contributed by atoms with E-state index in [9.17, 15) is 18.0 Å². The van der Waals surface area contributed by atoms with Gasteiger partial charge in [0.15, 0.2) is 18.1 Å². The van der Waals surface area contributed by atoms with Gasteiger partial charge in [-0.15, -0.1) is 0 Å². The molecule has 3 heterocycles. The third-order valence-electron chi connectivity index (χ3n) is 7.09. The Morgan fingerprint density at radius 2 is 1.68 bits per heavy atom. The van der Waals surface area contributed by atoms with Crippen molar-refractivity contribution in [3.05, 3.63) is 42.0 Å². The van der Waals surface area contributed by atoms with Crippen molar-refractivity contribution < 1.29 is 32.2 Å². The van der Waals surface area contributed by atoms with Crippen LogP contribution >= 0.6 is 0 Å². The fraction of sp³-hybridized carbons (Fsp3) is 0.481. The second-order valence-electron chi connectivity index (χ2n) is 10.4. The van der Waals surface area contributed by atoms with E-state index in [4.69, 9.17) is 14.2 Å². The second-order valence-corrected chi connectivity index (χ2v) is 12.3. The highest BCUT2D eigenvalue weighted by Gasteiger charge is 2.34. The van der Waals surface area contributed by atoms with Crippen LogP contribution in [0.3, 0.4) is 0 Å². The Morgan fingerprint density at radius 3 is 2.42 bits per heavy atom. The zero-order chi connectivity index (χ0) is 27.0. The van der Waals surface area contributed by atoms with Gasteiger partial charge in [-0.25, -0.2) is 8.42 Å². The molecule has 11 heteroatoms. The molecule has 5 rings (SSSR count). The van der Waals surface area contributed by atoms with Crippen LogP contribution in [0.2, 0.25) is 0 Å². The number of sulfonamides is 1. The first-order valence-corrected chi connectivity index (χ1v) is 14.3. The number of amides is 2. The minimum atomic E-state index is -3.78. The Morgan fingerprint density at radius 1 is 1.00 bits per heavy atom. The van der Waals surface area contributed by atoms with Crippen molar-refractivity contribution in [1.29, 1.82) is 0 Å². The van der Waals surface area contributed by atoms with E-state index >= 15 is 0 Å². The molecule has 0 bridgehead atoms. The van der Waals surface area contributed by atoms with Crippen molar-refractivity contribution in [2.75, 3.05) is 44.4 Å². The van der Waals surface area contributed by atoms with Crippen molar-refractivity contribution in [3.63, 3.8) is 0 Å². The lowest BCUT2D eigenvalue weighted by molar-refractivity contribution is -0.125. The van der Waals surface area contributed by atoms with Crippen molar-refractivity contribution in [2.24, 2.45) is 11.8 Å². The monoisotopic (exact) mass is 543 g/mol. The van der Waals surface area contributed by atoms with Crippen molar-refractivity contribution in [2.45, 2.75) is 38.1 Å². The van der Waals surface area contributed by atoms with Crippen LogP contribution in [0.25, 0.3) is 0 Å². The largest absolute Gasteiger partial charge is 0.486 e. The van der Waals surface area contributed by atoms with Gasteiger partial charge in [0.05, 0.1) is 16.6 Å². The zero-order valence-electron chi connectivity index (χ0n) is 21.8. The predicted octanol–water partition coefficient (Wildman–Crippen LogP) is 2.73. The molecule has 2 aromatic rings. The molecule has 1 fully saturated rings. The average Bonchev–Trinajstić information content (AvgIpc) is 2.89. The Hall–Kier alpha value is -3.31. The molecule has 0 spiro atoms. The molecule has 0 saturated carbocycles. The first-order chi connectivity index (χ1) is 18.1. The maximum absolute atomic E-state index is 13.5. The van der Waals surface area contributed by atoms with Gasteiger partial charge >= 0.3 is 0 Å². The highest BCUT2D eigenvalue weighted by molar-refractivity contribution is 7.89. The SMILES string of the molecule is C[C@@H]1C[C@H](C)CN(S(=O)(=O)c2ccc3c(c2)N(CC(=O)N[C@H](C)c2ccc4c(c2)OCCO4)C(=O)CO3)C1. The molecule has 0 unspecified atom stereocenters. The molecule has 2 aromatic carbocycles. The molecule has 3 aliphatic heterocycles. The third kappa shape index (κ3) is 5.30. The highest BCUT2D eigenvalue weighted by Crippen LogP contribution is 2.36. The molecule has 0 radical (unpaired) electrons. The lowest BCUT2D eigenvalue weighted by Crippen LogP contribution is -2.46. The van der Waals surface area contributed by atoms with E-state index < -0.39 is 15.9 Å². The van der Waals surface area contributed by atoms with Gasteiger partial charge in [-0.3, -0.25) is 14.5 Å². The molecule has 3 aliphatic rings. The Kier molecular flexibility index (Phi) is 7.23. The molecular formula is C27H33N3O7S. The molecule has 1 N–H and O–H groups in total. The van der Waals surface area contributed by atoms with Crippen molar-refractivity contribution in [3.8, 4) is 17.2 Å². The molecule has 0 aliphatic carbocycles. The van der Waals surface area contributed by atoms with E-state index in [1.165, 1.54) is 21.3 Å². The van der Waals surface area contributed by atoms with E-state index in [-0.39, 0.29) is 47.5 Å². The summed E-state index contributed by atoms with van der Waals surface area (Å²) in [6.45, 7) is 7.27. The third-order valence-corrected chi connectivity index (χ3v) is 8.92.